The van der Waals surface area contributed by atoms with E-state index in [4.69, 9.17) is 21.7 Å². The molecule has 2 heterocycles. The van der Waals surface area contributed by atoms with Crippen LogP contribution in [0.4, 0.5) is 11.4 Å². The van der Waals surface area contributed by atoms with Gasteiger partial charge in [0.05, 0.1) is 30.7 Å². The van der Waals surface area contributed by atoms with Crippen LogP contribution in [-0.2, 0) is 21.8 Å². The third-order valence-corrected chi connectivity index (χ3v) is 7.36. The Kier molecular flexibility index (Phi) is 6.61. The van der Waals surface area contributed by atoms with Crippen LogP contribution in [-0.4, -0.2) is 60.9 Å². The summed E-state index contributed by atoms with van der Waals surface area (Å²) in [6, 6.07) is 11.8. The van der Waals surface area contributed by atoms with Gasteiger partial charge in [0.25, 0.3) is 0 Å². The molecule has 1 aromatic heterocycles. The van der Waals surface area contributed by atoms with Crippen molar-refractivity contribution in [1.82, 2.24) is 8.87 Å². The Balaban J connectivity index is 1.64. The molecule has 12 heteroatoms. The molecule has 0 unspecified atom stereocenters. The molecule has 174 valence electrons. The number of methoxy groups -OCH3 is 1. The molecule has 1 fully saturated rings. The molecular formula is C21H23N5O5S2. The number of aryl methyl sites for hydroxylation is 1. The van der Waals surface area contributed by atoms with Gasteiger partial charge in [-0.2, -0.15) is 4.31 Å². The minimum Gasteiger partial charge on any atom is -0.497 e. The van der Waals surface area contributed by atoms with Crippen molar-refractivity contribution in [3.05, 3.63) is 42.5 Å². The van der Waals surface area contributed by atoms with Gasteiger partial charge in [-0.05, 0) is 42.5 Å². The predicted molar refractivity (Wildman–Crippen MR) is 128 cm³/mol. The highest BCUT2D eigenvalue weighted by atomic mass is 32.2. The molecule has 2 aromatic carbocycles. The average molecular weight is 490 g/mol. The van der Waals surface area contributed by atoms with Crippen molar-refractivity contribution in [3.63, 3.8) is 0 Å². The zero-order valence-corrected chi connectivity index (χ0v) is 19.7. The van der Waals surface area contributed by atoms with E-state index in [-0.39, 0.29) is 34.7 Å². The summed E-state index contributed by atoms with van der Waals surface area (Å²) in [5, 5.41) is 22.1. The smallest absolute Gasteiger partial charge is 0.243 e. The van der Waals surface area contributed by atoms with E-state index in [0.29, 0.717) is 35.6 Å². The van der Waals surface area contributed by atoms with Crippen LogP contribution in [0, 0.1) is 0 Å². The normalized spacial score (nSPS) is 15.2. The van der Waals surface area contributed by atoms with E-state index in [0.717, 1.165) is 0 Å². The van der Waals surface area contributed by atoms with E-state index in [1.807, 2.05) is 0 Å². The van der Waals surface area contributed by atoms with Crippen LogP contribution in [0.15, 0.2) is 57.6 Å². The highest BCUT2D eigenvalue weighted by Crippen LogP contribution is 2.39. The molecule has 1 aliphatic rings. The fourth-order valence-electron chi connectivity index (χ4n) is 3.53. The average Bonchev–Trinajstić information content (AvgIpc) is 3.07. The molecule has 3 aromatic rings. The predicted octanol–water partition coefficient (Wildman–Crippen LogP) is 3.39. The largest absolute Gasteiger partial charge is 0.497 e. The number of ether oxygens (including phenoxy) is 2. The SMILES string of the molecule is COc1cccc(NC(=S)N=Nc2c(O)n(C)c3ccc(S(=O)(=O)N4CCOCC4)cc23)c1. The van der Waals surface area contributed by atoms with Crippen molar-refractivity contribution in [2.75, 3.05) is 38.7 Å². The van der Waals surface area contributed by atoms with Crippen LogP contribution in [0.1, 0.15) is 0 Å². The highest BCUT2D eigenvalue weighted by Gasteiger charge is 2.27. The Morgan fingerprint density at radius 2 is 1.97 bits per heavy atom. The minimum absolute atomic E-state index is 0.0664. The minimum atomic E-state index is -3.71. The first-order chi connectivity index (χ1) is 15.8. The third kappa shape index (κ3) is 4.69. The van der Waals surface area contributed by atoms with Crippen LogP contribution in [0.25, 0.3) is 10.9 Å². The van der Waals surface area contributed by atoms with Gasteiger partial charge in [-0.15, -0.1) is 10.2 Å². The number of rotatable bonds is 5. The number of benzene rings is 2. The summed E-state index contributed by atoms with van der Waals surface area (Å²) in [6.45, 7) is 1.28. The van der Waals surface area contributed by atoms with Crippen molar-refractivity contribution in [1.29, 1.82) is 0 Å². The maximum atomic E-state index is 13.1. The van der Waals surface area contributed by atoms with Crippen molar-refractivity contribution in [2.45, 2.75) is 4.90 Å². The van der Waals surface area contributed by atoms with Gasteiger partial charge < -0.3 is 24.5 Å². The maximum absolute atomic E-state index is 13.1. The fourth-order valence-corrected chi connectivity index (χ4v) is 5.12. The fraction of sp³-hybridized carbons (Fsp3) is 0.286. The van der Waals surface area contributed by atoms with Crippen LogP contribution >= 0.6 is 12.2 Å². The van der Waals surface area contributed by atoms with Crippen molar-refractivity contribution >= 4 is 49.6 Å². The zero-order chi connectivity index (χ0) is 23.6. The lowest BCUT2D eigenvalue weighted by Gasteiger charge is -2.26. The number of hydrogen-bond acceptors (Lipinski definition) is 7. The maximum Gasteiger partial charge on any atom is 0.243 e. The van der Waals surface area contributed by atoms with Crippen molar-refractivity contribution in [3.8, 4) is 11.6 Å². The molecule has 2 N–H and O–H groups in total. The Morgan fingerprint density at radius 1 is 1.21 bits per heavy atom. The molecule has 33 heavy (non-hydrogen) atoms. The summed E-state index contributed by atoms with van der Waals surface area (Å²) in [5.74, 6) is 0.499. The molecule has 0 aliphatic carbocycles. The number of aromatic hydroxyl groups is 1. The second kappa shape index (κ2) is 9.43. The molecule has 0 spiro atoms. The van der Waals surface area contributed by atoms with Crippen molar-refractivity contribution in [2.24, 2.45) is 17.3 Å². The number of hydrogen-bond donors (Lipinski definition) is 2. The monoisotopic (exact) mass is 489 g/mol. The number of thiocarbonyl (C=S) groups is 1. The summed E-state index contributed by atoms with van der Waals surface area (Å²) in [6.07, 6.45) is 0. The van der Waals surface area contributed by atoms with Gasteiger partial charge in [-0.3, -0.25) is 0 Å². The second-order valence-corrected chi connectivity index (χ2v) is 9.61. The highest BCUT2D eigenvalue weighted by molar-refractivity contribution is 7.89. The number of anilines is 1. The van der Waals surface area contributed by atoms with E-state index in [2.05, 4.69) is 15.5 Å². The Morgan fingerprint density at radius 3 is 2.70 bits per heavy atom. The topological polar surface area (TPSA) is 118 Å². The van der Waals surface area contributed by atoms with Crippen LogP contribution in [0.3, 0.4) is 0 Å². The lowest BCUT2D eigenvalue weighted by atomic mass is 10.2. The molecule has 4 rings (SSSR count). The third-order valence-electron chi connectivity index (χ3n) is 5.28. The summed E-state index contributed by atoms with van der Waals surface area (Å²) in [7, 11) is -0.496. The Labute approximate surface area is 196 Å². The summed E-state index contributed by atoms with van der Waals surface area (Å²) in [5.41, 5.74) is 1.40. The van der Waals surface area contributed by atoms with Crippen LogP contribution in [0.2, 0.25) is 0 Å². The number of aromatic nitrogens is 1. The number of morpholine rings is 1. The molecule has 10 nitrogen and oxygen atoms in total. The number of nitrogens with zero attached hydrogens (tertiary/aromatic N) is 4. The Hall–Kier alpha value is -3.06. The molecule has 0 amide bonds. The number of fused-ring (bicyclic) bond motifs is 1. The number of nitrogens with one attached hydrogen (secondary N) is 1. The van der Waals surface area contributed by atoms with Gasteiger partial charge in [-0.1, -0.05) is 6.07 Å². The van der Waals surface area contributed by atoms with Crippen molar-refractivity contribution < 1.29 is 23.0 Å². The van der Waals surface area contributed by atoms with E-state index in [1.54, 1.807) is 44.5 Å². The molecule has 0 saturated carbocycles. The standard InChI is InChI=1S/C21H23N5O5S2/c1-25-18-7-6-16(33(28,29)26-8-10-31-11-9-26)13-17(18)19(20(25)27)23-24-21(32)22-14-4-3-5-15(12-14)30-2/h3-7,12-13,27H,8-11H2,1-2H3,(H,22,32). The number of sulfonamides is 1. The summed E-state index contributed by atoms with van der Waals surface area (Å²) >= 11 is 5.24. The lowest BCUT2D eigenvalue weighted by Crippen LogP contribution is -2.40. The second-order valence-electron chi connectivity index (χ2n) is 7.29. The number of azo groups is 1. The van der Waals surface area contributed by atoms with Gasteiger partial charge in [0.2, 0.25) is 21.0 Å². The molecule has 0 bridgehead atoms. The first kappa shape index (κ1) is 23.1. The Bertz CT molecular complexity index is 1330. The molecular weight excluding hydrogens is 466 g/mol. The molecule has 0 atom stereocenters. The zero-order valence-electron chi connectivity index (χ0n) is 18.1. The summed E-state index contributed by atoms with van der Waals surface area (Å²) < 4.78 is 39.5. The first-order valence-electron chi connectivity index (χ1n) is 10.1. The quantitative estimate of drug-likeness (QED) is 0.417. The van der Waals surface area contributed by atoms with E-state index >= 15 is 0 Å². The van der Waals surface area contributed by atoms with E-state index < -0.39 is 10.0 Å². The van der Waals surface area contributed by atoms with Gasteiger partial charge in [0.15, 0.2) is 5.69 Å². The first-order valence-corrected chi connectivity index (χ1v) is 11.9. The molecule has 1 saturated heterocycles. The van der Waals surface area contributed by atoms with E-state index in [9.17, 15) is 13.5 Å². The van der Waals surface area contributed by atoms with Gasteiger partial charge in [0.1, 0.15) is 5.75 Å². The van der Waals surface area contributed by atoms with E-state index in [1.165, 1.54) is 21.0 Å². The lowest BCUT2D eigenvalue weighted by molar-refractivity contribution is 0.0730. The molecule has 1 aliphatic heterocycles. The van der Waals surface area contributed by atoms with Crippen LogP contribution in [0.5, 0.6) is 11.6 Å². The van der Waals surface area contributed by atoms with Gasteiger partial charge >= 0.3 is 0 Å². The summed E-state index contributed by atoms with van der Waals surface area (Å²) in [4.78, 5) is 0.107. The van der Waals surface area contributed by atoms with Crippen LogP contribution < -0.4 is 10.1 Å². The van der Waals surface area contributed by atoms with Gasteiger partial charge in [0, 0.05) is 37.3 Å². The molecule has 0 radical (unpaired) electrons. The van der Waals surface area contributed by atoms with Gasteiger partial charge in [-0.25, -0.2) is 8.42 Å².